The standard InChI is InChI=1S/C47H32/c1-2-15-36-31-39(27-26-33(36)13-1)47-44-23-7-5-21-42(44)46(43-22-6-8-24-45(43)47)29-32-12-9-17-35(28-32)37-18-10-19-38(30-37)41-25-11-16-34-14-3-4-20-40(34)41/h1-28,30-31H,29H2. The van der Waals surface area contributed by atoms with Crippen LogP contribution in [-0.2, 0) is 6.42 Å². The highest BCUT2D eigenvalue weighted by atomic mass is 14.2. The van der Waals surface area contributed by atoms with E-state index in [1.807, 2.05) is 0 Å². The first kappa shape index (κ1) is 27.3. The highest BCUT2D eigenvalue weighted by Crippen LogP contribution is 2.41. The van der Waals surface area contributed by atoms with Gasteiger partial charge in [-0.2, -0.15) is 0 Å². The zero-order valence-electron chi connectivity index (χ0n) is 26.0. The van der Waals surface area contributed by atoms with Gasteiger partial charge in [-0.25, -0.2) is 0 Å². The lowest BCUT2D eigenvalue weighted by Crippen LogP contribution is -1.96. The molecule has 0 heteroatoms. The van der Waals surface area contributed by atoms with E-state index in [-0.39, 0.29) is 0 Å². The largest absolute Gasteiger partial charge is 0.0616 e. The summed E-state index contributed by atoms with van der Waals surface area (Å²) in [5.74, 6) is 0. The van der Waals surface area contributed by atoms with E-state index in [1.54, 1.807) is 0 Å². The molecular weight excluding hydrogens is 565 g/mol. The first-order chi connectivity index (χ1) is 23.3. The smallest absolute Gasteiger partial charge is 0.00132 e. The molecule has 0 atom stereocenters. The van der Waals surface area contributed by atoms with Crippen LogP contribution in [0.4, 0.5) is 0 Å². The van der Waals surface area contributed by atoms with Gasteiger partial charge < -0.3 is 0 Å². The summed E-state index contributed by atoms with van der Waals surface area (Å²) in [5.41, 5.74) is 10.2. The van der Waals surface area contributed by atoms with Gasteiger partial charge in [0, 0.05) is 0 Å². The Morgan fingerprint density at radius 2 is 0.851 bits per heavy atom. The Labute approximate surface area is 275 Å². The number of fused-ring (bicyclic) bond motifs is 4. The Morgan fingerprint density at radius 1 is 0.298 bits per heavy atom. The molecule has 9 aromatic carbocycles. The van der Waals surface area contributed by atoms with Crippen LogP contribution in [0.25, 0.3) is 76.5 Å². The first-order valence-corrected chi connectivity index (χ1v) is 16.4. The van der Waals surface area contributed by atoms with Gasteiger partial charge in [-0.3, -0.25) is 0 Å². The third-order valence-corrected chi connectivity index (χ3v) is 9.69. The van der Waals surface area contributed by atoms with Gasteiger partial charge in [0.1, 0.15) is 0 Å². The van der Waals surface area contributed by atoms with Crippen molar-refractivity contribution in [3.8, 4) is 33.4 Å². The molecule has 9 rings (SSSR count). The quantitative estimate of drug-likeness (QED) is 0.173. The number of rotatable bonds is 5. The molecule has 0 aliphatic carbocycles. The van der Waals surface area contributed by atoms with Gasteiger partial charge in [0.25, 0.3) is 0 Å². The molecule has 0 radical (unpaired) electrons. The van der Waals surface area contributed by atoms with Crippen molar-refractivity contribution in [3.63, 3.8) is 0 Å². The van der Waals surface area contributed by atoms with Crippen molar-refractivity contribution in [2.45, 2.75) is 6.42 Å². The predicted octanol–water partition coefficient (Wildman–Crippen LogP) is 12.9. The summed E-state index contributed by atoms with van der Waals surface area (Å²) < 4.78 is 0. The normalized spacial score (nSPS) is 11.5. The summed E-state index contributed by atoms with van der Waals surface area (Å²) in [6, 6.07) is 66.7. The molecule has 0 heterocycles. The van der Waals surface area contributed by atoms with E-state index in [2.05, 4.69) is 182 Å². The summed E-state index contributed by atoms with van der Waals surface area (Å²) in [7, 11) is 0. The second-order valence-corrected chi connectivity index (χ2v) is 12.5. The number of benzene rings is 9. The van der Waals surface area contributed by atoms with Gasteiger partial charge in [-0.1, -0.05) is 170 Å². The minimum absolute atomic E-state index is 0.857. The zero-order chi connectivity index (χ0) is 31.2. The maximum Gasteiger partial charge on any atom is -0.00132 e. The van der Waals surface area contributed by atoms with Crippen LogP contribution in [0, 0.1) is 0 Å². The fourth-order valence-corrected chi connectivity index (χ4v) is 7.47. The fraction of sp³-hybridized carbons (Fsp3) is 0.0213. The average molecular weight is 597 g/mol. The second kappa shape index (κ2) is 11.4. The molecule has 0 saturated heterocycles. The van der Waals surface area contributed by atoms with Crippen LogP contribution in [0.2, 0.25) is 0 Å². The lowest BCUT2D eigenvalue weighted by atomic mass is 9.85. The first-order valence-electron chi connectivity index (χ1n) is 16.4. The van der Waals surface area contributed by atoms with Crippen LogP contribution in [0.15, 0.2) is 182 Å². The Hall–Kier alpha value is -5.98. The molecule has 0 saturated carbocycles. The maximum absolute atomic E-state index is 2.38. The minimum atomic E-state index is 0.857. The summed E-state index contributed by atoms with van der Waals surface area (Å²) in [5, 5.41) is 10.3. The second-order valence-electron chi connectivity index (χ2n) is 12.5. The molecule has 0 spiro atoms. The summed E-state index contributed by atoms with van der Waals surface area (Å²) in [4.78, 5) is 0. The molecule has 47 heavy (non-hydrogen) atoms. The molecular formula is C47H32. The van der Waals surface area contributed by atoms with E-state index in [9.17, 15) is 0 Å². The topological polar surface area (TPSA) is 0 Å². The van der Waals surface area contributed by atoms with Gasteiger partial charge in [0.05, 0.1) is 0 Å². The molecule has 0 aromatic heterocycles. The highest BCUT2D eigenvalue weighted by molar-refractivity contribution is 6.15. The van der Waals surface area contributed by atoms with Crippen molar-refractivity contribution < 1.29 is 0 Å². The van der Waals surface area contributed by atoms with Gasteiger partial charge in [0.15, 0.2) is 0 Å². The molecule has 0 amide bonds. The number of hydrogen-bond donors (Lipinski definition) is 0. The maximum atomic E-state index is 2.38. The van der Waals surface area contributed by atoms with E-state index in [1.165, 1.54) is 87.6 Å². The molecule has 0 unspecified atom stereocenters. The molecule has 0 fully saturated rings. The van der Waals surface area contributed by atoms with E-state index in [4.69, 9.17) is 0 Å². The van der Waals surface area contributed by atoms with Gasteiger partial charge in [0.2, 0.25) is 0 Å². The Bertz CT molecular complexity index is 2540. The SMILES string of the molecule is c1cc(Cc2c3ccccc3c(-c3ccc4ccccc4c3)c3ccccc23)cc(-c2cccc(-c3cccc4ccccc34)c2)c1. The van der Waals surface area contributed by atoms with Crippen LogP contribution in [0.1, 0.15) is 11.1 Å². The Kier molecular flexibility index (Phi) is 6.65. The van der Waals surface area contributed by atoms with Crippen LogP contribution in [0.3, 0.4) is 0 Å². The van der Waals surface area contributed by atoms with Crippen molar-refractivity contribution in [2.75, 3.05) is 0 Å². The Balaban J connectivity index is 1.15. The molecule has 0 aliphatic heterocycles. The summed E-state index contributed by atoms with van der Waals surface area (Å²) in [6.07, 6.45) is 0.857. The van der Waals surface area contributed by atoms with Crippen molar-refractivity contribution in [3.05, 3.63) is 193 Å². The number of hydrogen-bond acceptors (Lipinski definition) is 0. The summed E-state index contributed by atoms with van der Waals surface area (Å²) >= 11 is 0. The third-order valence-electron chi connectivity index (χ3n) is 9.69. The Morgan fingerprint density at radius 3 is 1.62 bits per heavy atom. The molecule has 9 aromatic rings. The predicted molar refractivity (Wildman–Crippen MR) is 202 cm³/mol. The van der Waals surface area contributed by atoms with Gasteiger partial charge in [-0.15, -0.1) is 0 Å². The van der Waals surface area contributed by atoms with E-state index in [0.29, 0.717) is 0 Å². The van der Waals surface area contributed by atoms with Crippen molar-refractivity contribution in [2.24, 2.45) is 0 Å². The molecule has 0 bridgehead atoms. The van der Waals surface area contributed by atoms with Crippen LogP contribution >= 0.6 is 0 Å². The van der Waals surface area contributed by atoms with E-state index in [0.717, 1.165) is 6.42 Å². The third kappa shape index (κ3) is 4.87. The van der Waals surface area contributed by atoms with Crippen molar-refractivity contribution in [1.29, 1.82) is 0 Å². The van der Waals surface area contributed by atoms with Crippen LogP contribution < -0.4 is 0 Å². The lowest BCUT2D eigenvalue weighted by molar-refractivity contribution is 1.23. The van der Waals surface area contributed by atoms with Crippen molar-refractivity contribution >= 4 is 43.1 Å². The molecule has 0 N–H and O–H groups in total. The van der Waals surface area contributed by atoms with Crippen LogP contribution in [-0.4, -0.2) is 0 Å². The van der Waals surface area contributed by atoms with E-state index >= 15 is 0 Å². The van der Waals surface area contributed by atoms with Gasteiger partial charge >= 0.3 is 0 Å². The minimum Gasteiger partial charge on any atom is -0.0616 e. The van der Waals surface area contributed by atoms with Crippen molar-refractivity contribution in [1.82, 2.24) is 0 Å². The zero-order valence-corrected chi connectivity index (χ0v) is 26.0. The molecule has 220 valence electrons. The molecule has 0 nitrogen and oxygen atoms in total. The van der Waals surface area contributed by atoms with Gasteiger partial charge in [-0.05, 0) is 106 Å². The highest BCUT2D eigenvalue weighted by Gasteiger charge is 2.16. The van der Waals surface area contributed by atoms with Crippen LogP contribution in [0.5, 0.6) is 0 Å². The fourth-order valence-electron chi connectivity index (χ4n) is 7.47. The average Bonchev–Trinajstić information content (AvgIpc) is 3.14. The lowest BCUT2D eigenvalue weighted by Gasteiger charge is -2.18. The monoisotopic (exact) mass is 596 g/mol. The summed E-state index contributed by atoms with van der Waals surface area (Å²) in [6.45, 7) is 0. The molecule has 0 aliphatic rings. The van der Waals surface area contributed by atoms with E-state index < -0.39 is 0 Å².